The van der Waals surface area contributed by atoms with Crippen molar-refractivity contribution >= 4 is 49.4 Å². The van der Waals surface area contributed by atoms with Crippen molar-refractivity contribution in [3.63, 3.8) is 0 Å². The number of hydrogen-bond acceptors (Lipinski definition) is 12. The maximum Gasteiger partial charge on any atom is 0.438 e. The van der Waals surface area contributed by atoms with E-state index in [1.165, 1.54) is 0 Å². The van der Waals surface area contributed by atoms with Crippen molar-refractivity contribution in [2.45, 2.75) is 63.5 Å². The third-order valence-corrected chi connectivity index (χ3v) is 11.6. The number of carbonyl (C=O) groups excluding carboxylic acids is 2. The molecule has 2 unspecified atom stereocenters. The van der Waals surface area contributed by atoms with Gasteiger partial charge in [-0.25, -0.2) is 18.7 Å². The van der Waals surface area contributed by atoms with Crippen LogP contribution < -0.4 is 0 Å². The summed E-state index contributed by atoms with van der Waals surface area (Å²) in [6, 6.07) is 17.0. The average molecular weight is 660 g/mol. The van der Waals surface area contributed by atoms with Crippen LogP contribution in [0.3, 0.4) is 0 Å². The smallest absolute Gasteiger partial charge is 0.438 e. The molecule has 10 atom stereocenters. The third kappa shape index (κ3) is 7.85. The molecule has 2 aromatic carbocycles. The van der Waals surface area contributed by atoms with Crippen LogP contribution in [0.2, 0.25) is 0 Å². The summed E-state index contributed by atoms with van der Waals surface area (Å²) in [5, 5.41) is 0. The quantitative estimate of drug-likeness (QED) is 0.318. The van der Waals surface area contributed by atoms with E-state index in [0.717, 1.165) is 0 Å². The summed E-state index contributed by atoms with van der Waals surface area (Å²) < 4.78 is 75.0. The minimum Gasteiger partial charge on any atom is -0.452 e. The molecule has 3 aliphatic heterocycles. The first-order valence-corrected chi connectivity index (χ1v) is 18.2. The van der Waals surface area contributed by atoms with Gasteiger partial charge >= 0.3 is 26.6 Å². The van der Waals surface area contributed by atoms with Crippen molar-refractivity contribution in [2.75, 3.05) is 13.2 Å². The van der Waals surface area contributed by atoms with E-state index in [1.54, 1.807) is 63.3 Å². The molecule has 3 heterocycles. The standard InChI is InChI=1S/C28H37B3O12P2/c1-17-23-21(40-25(17)29)15-38-45(35,28(33)37-14-20-11-7-4-8-12-20)43-24-18(2)26(31-30)41-22(24)16-39-44(34,42-23)27(32)36-13-19-9-5-3-6-10-19/h3-12,17-18,21-26,31H,13-16,29-30H2,1-2H3/t17-,18-,21-,22-,23+,24+,25-,26-,44?,45?/m1/s1. The summed E-state index contributed by atoms with van der Waals surface area (Å²) in [4.78, 5) is 26.7. The molecule has 5 rings (SSSR count). The molecule has 0 spiro atoms. The zero-order valence-corrected chi connectivity index (χ0v) is 27.5. The lowest BCUT2D eigenvalue weighted by molar-refractivity contribution is -0.0280. The summed E-state index contributed by atoms with van der Waals surface area (Å²) in [5.41, 5.74) is -0.958. The van der Waals surface area contributed by atoms with Gasteiger partial charge in [-0.05, 0) is 11.1 Å². The Morgan fingerprint density at radius 3 is 1.69 bits per heavy atom. The Bertz CT molecular complexity index is 1420. The Balaban J connectivity index is 1.43. The fourth-order valence-corrected chi connectivity index (χ4v) is 8.57. The molecule has 17 heteroatoms. The molecular weight excluding hydrogens is 623 g/mol. The number of fused-ring (bicyclic) bond motifs is 2. The van der Waals surface area contributed by atoms with Gasteiger partial charge in [0.1, 0.15) is 52.6 Å². The zero-order chi connectivity index (χ0) is 32.2. The monoisotopic (exact) mass is 660 g/mol. The minimum atomic E-state index is -4.62. The molecule has 0 bridgehead atoms. The highest BCUT2D eigenvalue weighted by Crippen LogP contribution is 2.58. The van der Waals surface area contributed by atoms with Crippen LogP contribution in [-0.2, 0) is 59.4 Å². The fourth-order valence-electron chi connectivity index (χ4n) is 5.64. The Labute approximate surface area is 265 Å². The highest BCUT2D eigenvalue weighted by atomic mass is 31.2. The van der Waals surface area contributed by atoms with Crippen LogP contribution in [0.5, 0.6) is 0 Å². The average Bonchev–Trinajstić information content (AvgIpc) is 3.49. The first-order valence-electron chi connectivity index (χ1n) is 15.1. The molecule has 3 aliphatic rings. The van der Waals surface area contributed by atoms with Gasteiger partial charge in [-0.2, -0.15) is 0 Å². The van der Waals surface area contributed by atoms with Crippen LogP contribution in [-0.4, -0.2) is 83.8 Å². The van der Waals surface area contributed by atoms with E-state index in [0.29, 0.717) is 18.3 Å². The van der Waals surface area contributed by atoms with Crippen LogP contribution >= 0.6 is 15.2 Å². The summed E-state index contributed by atoms with van der Waals surface area (Å²) in [7, 11) is -5.00. The molecule has 0 saturated carbocycles. The Morgan fingerprint density at radius 2 is 1.22 bits per heavy atom. The number of rotatable bonds is 7. The highest BCUT2D eigenvalue weighted by Gasteiger charge is 2.54. The zero-order valence-electron chi connectivity index (χ0n) is 25.7. The maximum atomic E-state index is 14.2. The second kappa shape index (κ2) is 14.7. The molecule has 0 radical (unpaired) electrons. The minimum absolute atomic E-state index is 0.148. The van der Waals surface area contributed by atoms with Gasteiger partial charge in [0.25, 0.3) is 0 Å². The van der Waals surface area contributed by atoms with Crippen LogP contribution in [0.15, 0.2) is 60.7 Å². The number of ether oxygens (including phenoxy) is 4. The van der Waals surface area contributed by atoms with E-state index in [9.17, 15) is 18.7 Å². The molecule has 3 saturated heterocycles. The Kier molecular flexibility index (Phi) is 11.1. The van der Waals surface area contributed by atoms with Gasteiger partial charge in [0.05, 0.1) is 21.0 Å². The van der Waals surface area contributed by atoms with Gasteiger partial charge in [0.15, 0.2) is 0 Å². The molecule has 12 nitrogen and oxygen atoms in total. The second-order valence-corrected chi connectivity index (χ2v) is 15.2. The number of carbonyl (C=O) groups is 2. The van der Waals surface area contributed by atoms with Gasteiger partial charge in [-0.15, -0.1) is 0 Å². The van der Waals surface area contributed by atoms with E-state index in [-0.39, 0.29) is 25.1 Å². The summed E-state index contributed by atoms with van der Waals surface area (Å²) >= 11 is 0. The fraction of sp³-hybridized carbons (Fsp3) is 0.500. The molecule has 3 fully saturated rings. The summed E-state index contributed by atoms with van der Waals surface area (Å²) in [6.45, 7) is 2.42. The van der Waals surface area contributed by atoms with Crippen molar-refractivity contribution in [1.29, 1.82) is 0 Å². The van der Waals surface area contributed by atoms with Crippen molar-refractivity contribution in [3.8, 4) is 0 Å². The largest absolute Gasteiger partial charge is 0.452 e. The van der Waals surface area contributed by atoms with Crippen LogP contribution in [0, 0.1) is 11.8 Å². The molecular formula is C28H37B3O12P2. The van der Waals surface area contributed by atoms with Crippen LogP contribution in [0.1, 0.15) is 25.0 Å². The number of benzene rings is 2. The normalized spacial score (nSPS) is 36.8. The van der Waals surface area contributed by atoms with E-state index in [1.807, 2.05) is 26.8 Å². The molecule has 0 aromatic heterocycles. The third-order valence-electron chi connectivity index (χ3n) is 8.43. The second-order valence-electron chi connectivity index (χ2n) is 11.5. The van der Waals surface area contributed by atoms with E-state index in [2.05, 4.69) is 0 Å². The van der Waals surface area contributed by atoms with E-state index in [4.69, 9.17) is 37.0 Å². The van der Waals surface area contributed by atoms with Gasteiger partial charge < -0.3 is 18.9 Å². The molecule has 0 aliphatic carbocycles. The molecule has 240 valence electrons. The Morgan fingerprint density at radius 1 is 0.778 bits per heavy atom. The first-order chi connectivity index (χ1) is 21.5. The van der Waals surface area contributed by atoms with E-state index < -0.39 is 76.2 Å². The van der Waals surface area contributed by atoms with Crippen molar-refractivity contribution < 1.29 is 55.8 Å². The summed E-state index contributed by atoms with van der Waals surface area (Å²) in [5.74, 6) is -0.781. The Hall–Kier alpha value is -2.21. The van der Waals surface area contributed by atoms with Crippen molar-refractivity contribution in [2.24, 2.45) is 11.8 Å². The van der Waals surface area contributed by atoms with Crippen LogP contribution in [0.25, 0.3) is 0 Å². The van der Waals surface area contributed by atoms with E-state index >= 15 is 0 Å². The lowest BCUT2D eigenvalue weighted by atomic mass is 9.49. The highest BCUT2D eigenvalue weighted by molar-refractivity contribution is 7.71. The predicted octanol–water partition coefficient (Wildman–Crippen LogP) is 3.20. The summed E-state index contributed by atoms with van der Waals surface area (Å²) in [6.07, 6.45) is -3.97. The van der Waals surface area contributed by atoms with Gasteiger partial charge in [-0.1, -0.05) is 74.5 Å². The SMILES string of the molecule is BB[C@@H]1O[C@@H]2COP(=O)(C(=O)OCc3ccccc3)O[C@H]3[C@@H](C)[C@H](B)O[C@@H]3COP(=O)(C(=O)OCc3ccccc3)O[C@H]2[C@H]1C. The van der Waals surface area contributed by atoms with Gasteiger partial charge in [0.2, 0.25) is 0 Å². The van der Waals surface area contributed by atoms with Crippen molar-refractivity contribution in [3.05, 3.63) is 71.8 Å². The predicted molar refractivity (Wildman–Crippen MR) is 170 cm³/mol. The topological polar surface area (TPSA) is 142 Å². The van der Waals surface area contributed by atoms with Gasteiger partial charge in [-0.3, -0.25) is 18.1 Å². The molecule has 0 N–H and O–H groups in total. The van der Waals surface area contributed by atoms with Crippen molar-refractivity contribution in [1.82, 2.24) is 0 Å². The lowest BCUT2D eigenvalue weighted by Crippen LogP contribution is -2.37. The maximum absolute atomic E-state index is 14.2. The molecule has 0 amide bonds. The van der Waals surface area contributed by atoms with Gasteiger partial charge in [0, 0.05) is 23.8 Å². The van der Waals surface area contributed by atoms with Crippen LogP contribution in [0.4, 0.5) is 9.59 Å². The molecule has 2 aromatic rings. The first kappa shape index (κ1) is 34.1. The molecule has 45 heavy (non-hydrogen) atoms. The lowest BCUT2D eigenvalue weighted by Gasteiger charge is -2.31. The number of hydrogen-bond donors (Lipinski definition) is 0.